The van der Waals surface area contributed by atoms with E-state index >= 15 is 0 Å². The van der Waals surface area contributed by atoms with Crippen molar-refractivity contribution < 1.29 is 4.42 Å². The summed E-state index contributed by atoms with van der Waals surface area (Å²) in [5, 5.41) is 0. The second-order valence-corrected chi connectivity index (χ2v) is 4.82. The average Bonchev–Trinajstić information content (AvgIpc) is 2.94. The third-order valence-corrected chi connectivity index (χ3v) is 2.98. The van der Waals surface area contributed by atoms with Crippen LogP contribution >= 0.6 is 0 Å². The zero-order valence-electron chi connectivity index (χ0n) is 11.4. The number of nitrogens with zero attached hydrogens (tertiary/aromatic N) is 3. The Morgan fingerprint density at radius 2 is 1.55 bits per heavy atom. The van der Waals surface area contributed by atoms with Gasteiger partial charge in [0.25, 0.3) is 0 Å². The summed E-state index contributed by atoms with van der Waals surface area (Å²) in [6.07, 6.45) is 3.48. The van der Waals surface area contributed by atoms with Gasteiger partial charge in [0.05, 0.1) is 5.69 Å². The molecular formula is C16H15N3O. The minimum Gasteiger partial charge on any atom is -0.433 e. The zero-order valence-corrected chi connectivity index (χ0v) is 11.4. The first-order valence-electron chi connectivity index (χ1n) is 6.59. The van der Waals surface area contributed by atoms with Gasteiger partial charge in [-0.1, -0.05) is 26.0 Å². The summed E-state index contributed by atoms with van der Waals surface area (Å²) in [6.45, 7) is 4.18. The van der Waals surface area contributed by atoms with Gasteiger partial charge in [-0.15, -0.1) is 0 Å². The van der Waals surface area contributed by atoms with Crippen molar-refractivity contribution in [3.05, 3.63) is 54.5 Å². The highest BCUT2D eigenvalue weighted by Gasteiger charge is 2.19. The number of rotatable bonds is 3. The van der Waals surface area contributed by atoms with Crippen molar-refractivity contribution in [2.75, 3.05) is 0 Å². The van der Waals surface area contributed by atoms with Gasteiger partial charge < -0.3 is 4.42 Å². The molecule has 100 valence electrons. The van der Waals surface area contributed by atoms with Gasteiger partial charge in [0.15, 0.2) is 5.76 Å². The number of hydrogen-bond acceptors (Lipinski definition) is 4. The maximum absolute atomic E-state index is 5.91. The summed E-state index contributed by atoms with van der Waals surface area (Å²) in [7, 11) is 0. The van der Waals surface area contributed by atoms with Crippen LogP contribution in [0.15, 0.2) is 53.2 Å². The van der Waals surface area contributed by atoms with Crippen molar-refractivity contribution in [3.63, 3.8) is 0 Å². The molecule has 0 saturated carbocycles. The van der Waals surface area contributed by atoms with E-state index in [1.165, 1.54) is 0 Å². The highest BCUT2D eigenvalue weighted by atomic mass is 16.4. The molecule has 0 N–H and O–H groups in total. The molecule has 3 rings (SSSR count). The van der Waals surface area contributed by atoms with E-state index in [-0.39, 0.29) is 5.92 Å². The Morgan fingerprint density at radius 3 is 2.10 bits per heavy atom. The van der Waals surface area contributed by atoms with E-state index < -0.39 is 0 Å². The molecule has 0 amide bonds. The molecule has 4 nitrogen and oxygen atoms in total. The average molecular weight is 265 g/mol. The third-order valence-electron chi connectivity index (χ3n) is 2.98. The number of pyridine rings is 2. The van der Waals surface area contributed by atoms with Gasteiger partial charge in [0.2, 0.25) is 5.89 Å². The van der Waals surface area contributed by atoms with Crippen LogP contribution in [0.2, 0.25) is 0 Å². The molecule has 0 aliphatic heterocycles. The van der Waals surface area contributed by atoms with Crippen LogP contribution in [0.4, 0.5) is 0 Å². The molecule has 0 unspecified atom stereocenters. The fourth-order valence-corrected chi connectivity index (χ4v) is 2.00. The monoisotopic (exact) mass is 265 g/mol. The van der Waals surface area contributed by atoms with E-state index in [0.717, 1.165) is 22.8 Å². The Labute approximate surface area is 117 Å². The van der Waals surface area contributed by atoms with Crippen LogP contribution in [0.3, 0.4) is 0 Å². The fourth-order valence-electron chi connectivity index (χ4n) is 2.00. The van der Waals surface area contributed by atoms with Crippen molar-refractivity contribution in [3.8, 4) is 23.0 Å². The molecule has 0 atom stereocenters. The van der Waals surface area contributed by atoms with Crippen molar-refractivity contribution in [1.29, 1.82) is 0 Å². The Hall–Kier alpha value is -2.49. The van der Waals surface area contributed by atoms with Crippen LogP contribution < -0.4 is 0 Å². The van der Waals surface area contributed by atoms with Crippen LogP contribution in [0.1, 0.15) is 25.5 Å². The molecule has 4 heteroatoms. The molecule has 3 heterocycles. The second-order valence-electron chi connectivity index (χ2n) is 4.82. The van der Waals surface area contributed by atoms with Crippen molar-refractivity contribution >= 4 is 0 Å². The fraction of sp³-hybridized carbons (Fsp3) is 0.188. The van der Waals surface area contributed by atoms with E-state index in [2.05, 4.69) is 28.8 Å². The highest BCUT2D eigenvalue weighted by molar-refractivity contribution is 5.60. The lowest BCUT2D eigenvalue weighted by atomic mass is 10.1. The van der Waals surface area contributed by atoms with Gasteiger partial charge in [-0.05, 0) is 30.2 Å². The molecule has 0 aliphatic carbocycles. The number of aromatic nitrogens is 3. The van der Waals surface area contributed by atoms with Crippen LogP contribution in [0.5, 0.6) is 0 Å². The number of oxazole rings is 1. The van der Waals surface area contributed by atoms with E-state index in [0.29, 0.717) is 5.89 Å². The van der Waals surface area contributed by atoms with Crippen LogP contribution in [0.25, 0.3) is 23.0 Å². The molecule has 20 heavy (non-hydrogen) atoms. The summed E-state index contributed by atoms with van der Waals surface area (Å²) in [6, 6.07) is 11.4. The lowest BCUT2D eigenvalue weighted by Gasteiger charge is -2.02. The van der Waals surface area contributed by atoms with Crippen molar-refractivity contribution in [2.45, 2.75) is 19.8 Å². The van der Waals surface area contributed by atoms with E-state index in [9.17, 15) is 0 Å². The summed E-state index contributed by atoms with van der Waals surface area (Å²) in [5.74, 6) is 1.52. The lowest BCUT2D eigenvalue weighted by Crippen LogP contribution is -1.92. The van der Waals surface area contributed by atoms with Crippen LogP contribution in [-0.4, -0.2) is 15.0 Å². The summed E-state index contributed by atoms with van der Waals surface area (Å²) in [5.41, 5.74) is 2.44. The Kier molecular flexibility index (Phi) is 3.29. The maximum Gasteiger partial charge on any atom is 0.245 e. The molecule has 0 saturated heterocycles. The first kappa shape index (κ1) is 12.5. The molecule has 0 aromatic carbocycles. The van der Waals surface area contributed by atoms with Gasteiger partial charge >= 0.3 is 0 Å². The lowest BCUT2D eigenvalue weighted by molar-refractivity contribution is 0.581. The predicted molar refractivity (Wildman–Crippen MR) is 77.1 cm³/mol. The highest BCUT2D eigenvalue weighted by Crippen LogP contribution is 2.31. The van der Waals surface area contributed by atoms with Gasteiger partial charge in [-0.3, -0.25) is 9.97 Å². The molecule has 0 aliphatic rings. The summed E-state index contributed by atoms with van der Waals surface area (Å²) < 4.78 is 5.91. The molecule has 0 radical (unpaired) electrons. The van der Waals surface area contributed by atoms with Crippen molar-refractivity contribution in [1.82, 2.24) is 15.0 Å². The predicted octanol–water partition coefficient (Wildman–Crippen LogP) is 3.92. The maximum atomic E-state index is 5.91. The molecule has 3 aromatic heterocycles. The first-order chi connectivity index (χ1) is 9.75. The molecule has 0 fully saturated rings. The minimum atomic E-state index is 0.258. The minimum absolute atomic E-state index is 0.258. The summed E-state index contributed by atoms with van der Waals surface area (Å²) in [4.78, 5) is 13.2. The van der Waals surface area contributed by atoms with Gasteiger partial charge in [0.1, 0.15) is 11.4 Å². The van der Waals surface area contributed by atoms with Crippen molar-refractivity contribution in [2.24, 2.45) is 0 Å². The first-order valence-corrected chi connectivity index (χ1v) is 6.59. The van der Waals surface area contributed by atoms with E-state index in [1.807, 2.05) is 36.4 Å². The topological polar surface area (TPSA) is 51.8 Å². The molecular weight excluding hydrogens is 250 g/mol. The normalized spacial score (nSPS) is 10.9. The Bertz CT molecular complexity index is 690. The second kappa shape index (κ2) is 5.25. The standard InChI is InChI=1S/C16H15N3O/c1-11(2)14-15(12-7-3-5-9-17-12)20-16(19-14)13-8-4-6-10-18-13/h3-11H,1-2H3. The van der Waals surface area contributed by atoms with Gasteiger partial charge in [-0.25, -0.2) is 4.98 Å². The zero-order chi connectivity index (χ0) is 13.9. The third kappa shape index (κ3) is 2.32. The molecule has 0 spiro atoms. The van der Waals surface area contributed by atoms with Crippen LogP contribution in [0, 0.1) is 0 Å². The Morgan fingerprint density at radius 1 is 0.900 bits per heavy atom. The quantitative estimate of drug-likeness (QED) is 0.720. The molecule has 0 bridgehead atoms. The molecule has 3 aromatic rings. The van der Waals surface area contributed by atoms with E-state index in [1.54, 1.807) is 12.4 Å². The van der Waals surface area contributed by atoms with Gasteiger partial charge in [0, 0.05) is 12.4 Å². The van der Waals surface area contributed by atoms with E-state index in [4.69, 9.17) is 4.42 Å². The van der Waals surface area contributed by atoms with Crippen LogP contribution in [-0.2, 0) is 0 Å². The van der Waals surface area contributed by atoms with Gasteiger partial charge in [-0.2, -0.15) is 0 Å². The summed E-state index contributed by atoms with van der Waals surface area (Å²) >= 11 is 0. The number of hydrogen-bond donors (Lipinski definition) is 0. The SMILES string of the molecule is CC(C)c1nc(-c2ccccn2)oc1-c1ccccn1. The smallest absolute Gasteiger partial charge is 0.245 e. The Balaban J connectivity index is 2.13. The largest absolute Gasteiger partial charge is 0.433 e.